The van der Waals surface area contributed by atoms with Crippen molar-refractivity contribution in [3.05, 3.63) is 24.2 Å². The van der Waals surface area contributed by atoms with Crippen LogP contribution in [0.4, 0.5) is 4.79 Å². The normalized spacial score (nSPS) is 9.95. The molecular formula is C11H15N3O5. The zero-order valence-corrected chi connectivity index (χ0v) is 10.4. The van der Waals surface area contributed by atoms with E-state index < -0.39 is 31.0 Å². The van der Waals surface area contributed by atoms with Gasteiger partial charge in [-0.2, -0.15) is 0 Å². The summed E-state index contributed by atoms with van der Waals surface area (Å²) in [4.78, 5) is 35.6. The molecular weight excluding hydrogens is 254 g/mol. The zero-order chi connectivity index (χ0) is 14.4. The van der Waals surface area contributed by atoms with Crippen LogP contribution in [0.1, 0.15) is 5.76 Å². The molecule has 0 aromatic carbocycles. The highest BCUT2D eigenvalue weighted by atomic mass is 16.4. The van der Waals surface area contributed by atoms with Gasteiger partial charge in [0.2, 0.25) is 5.91 Å². The standard InChI is InChI=1S/C11H15N3O5/c1-13(5-8-3-2-4-19-8)11(18)14(6-9(12)15)7-10(16)17/h2-4H,5-7H2,1H3,(H2,12,15)(H,16,17). The van der Waals surface area contributed by atoms with Crippen molar-refractivity contribution in [2.45, 2.75) is 6.54 Å². The van der Waals surface area contributed by atoms with E-state index in [1.165, 1.54) is 18.2 Å². The largest absolute Gasteiger partial charge is 0.480 e. The van der Waals surface area contributed by atoms with Crippen LogP contribution in [0.5, 0.6) is 0 Å². The van der Waals surface area contributed by atoms with Crippen LogP contribution in [0, 0.1) is 0 Å². The van der Waals surface area contributed by atoms with E-state index >= 15 is 0 Å². The van der Waals surface area contributed by atoms with Gasteiger partial charge in [0.05, 0.1) is 12.8 Å². The van der Waals surface area contributed by atoms with Crippen molar-refractivity contribution in [1.82, 2.24) is 9.80 Å². The number of carbonyl (C=O) groups excluding carboxylic acids is 2. The van der Waals surface area contributed by atoms with Gasteiger partial charge in [-0.1, -0.05) is 0 Å². The molecule has 0 atom stereocenters. The predicted molar refractivity (Wildman–Crippen MR) is 64.0 cm³/mol. The molecule has 19 heavy (non-hydrogen) atoms. The molecule has 3 amide bonds. The fourth-order valence-corrected chi connectivity index (χ4v) is 1.49. The maximum absolute atomic E-state index is 12.0. The number of carboxylic acid groups (broad SMARTS) is 1. The van der Waals surface area contributed by atoms with Crippen LogP contribution in [-0.2, 0) is 16.1 Å². The maximum Gasteiger partial charge on any atom is 0.323 e. The minimum Gasteiger partial charge on any atom is -0.480 e. The Kier molecular flexibility index (Phi) is 4.92. The summed E-state index contributed by atoms with van der Waals surface area (Å²) >= 11 is 0. The highest BCUT2D eigenvalue weighted by molar-refractivity contribution is 5.85. The third kappa shape index (κ3) is 4.70. The second kappa shape index (κ2) is 6.43. The number of hydrogen-bond donors (Lipinski definition) is 2. The summed E-state index contributed by atoms with van der Waals surface area (Å²) in [5.74, 6) is -1.45. The van der Waals surface area contributed by atoms with E-state index in [9.17, 15) is 14.4 Å². The molecule has 1 rings (SSSR count). The lowest BCUT2D eigenvalue weighted by Gasteiger charge is -2.25. The second-order valence-electron chi connectivity index (χ2n) is 3.93. The monoisotopic (exact) mass is 269 g/mol. The lowest BCUT2D eigenvalue weighted by atomic mass is 10.4. The van der Waals surface area contributed by atoms with E-state index in [1.54, 1.807) is 12.1 Å². The minimum absolute atomic E-state index is 0.167. The second-order valence-corrected chi connectivity index (χ2v) is 3.93. The van der Waals surface area contributed by atoms with E-state index in [-0.39, 0.29) is 6.54 Å². The third-order valence-electron chi connectivity index (χ3n) is 2.24. The van der Waals surface area contributed by atoms with Crippen LogP contribution in [0.15, 0.2) is 22.8 Å². The quantitative estimate of drug-likeness (QED) is 0.735. The number of hydrogen-bond acceptors (Lipinski definition) is 4. The number of aliphatic carboxylic acids is 1. The van der Waals surface area contributed by atoms with Crippen LogP contribution in [-0.4, -0.2) is 53.0 Å². The summed E-state index contributed by atoms with van der Waals surface area (Å²) in [7, 11) is 1.47. The first-order valence-corrected chi connectivity index (χ1v) is 5.42. The highest BCUT2D eigenvalue weighted by Crippen LogP contribution is 2.06. The molecule has 104 valence electrons. The molecule has 0 radical (unpaired) electrons. The summed E-state index contributed by atoms with van der Waals surface area (Å²) in [6.07, 6.45) is 1.46. The molecule has 1 aromatic heterocycles. The first kappa shape index (κ1) is 14.6. The Morgan fingerprint density at radius 1 is 1.37 bits per heavy atom. The van der Waals surface area contributed by atoms with Crippen LogP contribution in [0.3, 0.4) is 0 Å². The summed E-state index contributed by atoms with van der Waals surface area (Å²) in [6.45, 7) is -0.876. The van der Waals surface area contributed by atoms with Gasteiger partial charge in [0.25, 0.3) is 0 Å². The number of nitrogens with two attached hydrogens (primary N) is 1. The number of rotatable bonds is 6. The summed E-state index contributed by atoms with van der Waals surface area (Å²) in [5, 5.41) is 8.70. The molecule has 0 aliphatic heterocycles. The SMILES string of the molecule is CN(Cc1ccco1)C(=O)N(CC(N)=O)CC(=O)O. The van der Waals surface area contributed by atoms with Crippen molar-refractivity contribution in [3.8, 4) is 0 Å². The molecule has 8 nitrogen and oxygen atoms in total. The predicted octanol–water partition coefficient (Wildman–Crippen LogP) is -0.297. The molecule has 1 heterocycles. The average Bonchev–Trinajstić information content (AvgIpc) is 2.78. The van der Waals surface area contributed by atoms with Gasteiger partial charge in [-0.3, -0.25) is 9.59 Å². The number of primary amides is 1. The topological polar surface area (TPSA) is 117 Å². The van der Waals surface area contributed by atoms with Crippen molar-refractivity contribution in [2.24, 2.45) is 5.73 Å². The number of carboxylic acids is 1. The Hall–Kier alpha value is -2.51. The zero-order valence-electron chi connectivity index (χ0n) is 10.4. The first-order valence-electron chi connectivity index (χ1n) is 5.42. The van der Waals surface area contributed by atoms with E-state index in [1.807, 2.05) is 0 Å². The number of urea groups is 1. The first-order chi connectivity index (χ1) is 8.90. The Morgan fingerprint density at radius 2 is 2.05 bits per heavy atom. The molecule has 0 saturated heterocycles. The number of amides is 3. The summed E-state index contributed by atoms with van der Waals surface area (Å²) < 4.78 is 5.08. The lowest BCUT2D eigenvalue weighted by Crippen LogP contribution is -2.47. The maximum atomic E-state index is 12.0. The summed E-state index contributed by atoms with van der Waals surface area (Å²) in [6, 6.07) is 2.74. The molecule has 3 N–H and O–H groups in total. The Bertz CT molecular complexity index is 441. The van der Waals surface area contributed by atoms with Crippen molar-refractivity contribution in [3.63, 3.8) is 0 Å². The minimum atomic E-state index is -1.22. The smallest absolute Gasteiger partial charge is 0.323 e. The van der Waals surface area contributed by atoms with Gasteiger partial charge in [-0.15, -0.1) is 0 Å². The van der Waals surface area contributed by atoms with Crippen molar-refractivity contribution in [2.75, 3.05) is 20.1 Å². The number of furan rings is 1. The molecule has 0 unspecified atom stereocenters. The number of carbonyl (C=O) groups is 3. The van der Waals surface area contributed by atoms with E-state index in [2.05, 4.69) is 0 Å². The molecule has 0 saturated carbocycles. The lowest BCUT2D eigenvalue weighted by molar-refractivity contribution is -0.138. The van der Waals surface area contributed by atoms with Gasteiger partial charge in [-0.25, -0.2) is 4.79 Å². The molecule has 0 fully saturated rings. The Morgan fingerprint density at radius 3 is 2.53 bits per heavy atom. The van der Waals surface area contributed by atoms with E-state index in [0.29, 0.717) is 5.76 Å². The van der Waals surface area contributed by atoms with Crippen molar-refractivity contribution < 1.29 is 23.9 Å². The highest BCUT2D eigenvalue weighted by Gasteiger charge is 2.22. The van der Waals surface area contributed by atoms with Gasteiger partial charge < -0.3 is 25.1 Å². The molecule has 0 spiro atoms. The fraction of sp³-hybridized carbons (Fsp3) is 0.364. The van der Waals surface area contributed by atoms with Gasteiger partial charge in [-0.05, 0) is 12.1 Å². The van der Waals surface area contributed by atoms with E-state index in [0.717, 1.165) is 4.90 Å². The Balaban J connectivity index is 2.68. The van der Waals surface area contributed by atoms with Crippen LogP contribution >= 0.6 is 0 Å². The number of nitrogens with zero attached hydrogens (tertiary/aromatic N) is 2. The van der Waals surface area contributed by atoms with Crippen LogP contribution < -0.4 is 5.73 Å². The average molecular weight is 269 g/mol. The van der Waals surface area contributed by atoms with Crippen LogP contribution in [0.25, 0.3) is 0 Å². The Labute approximate surface area is 109 Å². The third-order valence-corrected chi connectivity index (χ3v) is 2.24. The van der Waals surface area contributed by atoms with Gasteiger partial charge >= 0.3 is 12.0 Å². The molecule has 1 aromatic rings. The molecule has 0 bridgehead atoms. The summed E-state index contributed by atoms with van der Waals surface area (Å²) in [5.41, 5.74) is 4.98. The molecule has 8 heteroatoms. The molecule has 0 aliphatic carbocycles. The van der Waals surface area contributed by atoms with Gasteiger partial charge in [0.1, 0.15) is 18.8 Å². The molecule has 0 aliphatic rings. The van der Waals surface area contributed by atoms with E-state index in [4.69, 9.17) is 15.3 Å². The van der Waals surface area contributed by atoms with Gasteiger partial charge in [0, 0.05) is 7.05 Å². The van der Waals surface area contributed by atoms with Crippen molar-refractivity contribution in [1.29, 1.82) is 0 Å². The van der Waals surface area contributed by atoms with Gasteiger partial charge in [0.15, 0.2) is 0 Å². The van der Waals surface area contributed by atoms with Crippen LogP contribution in [0.2, 0.25) is 0 Å². The fourth-order valence-electron chi connectivity index (χ4n) is 1.49. The van der Waals surface area contributed by atoms with Crippen molar-refractivity contribution >= 4 is 17.9 Å².